The molecule has 4 heteroatoms. The highest BCUT2D eigenvalue weighted by Gasteiger charge is 2.18. The Morgan fingerprint density at radius 1 is 1.56 bits per heavy atom. The maximum absolute atomic E-state index is 12.0. The summed E-state index contributed by atoms with van der Waals surface area (Å²) in [5.74, 6) is 0.772. The van der Waals surface area contributed by atoms with Crippen LogP contribution in [0.5, 0.6) is 5.75 Å². The van der Waals surface area contributed by atoms with Crippen molar-refractivity contribution in [1.29, 1.82) is 0 Å². The fourth-order valence-electron chi connectivity index (χ4n) is 1.70. The lowest BCUT2D eigenvalue weighted by atomic mass is 10.1. The third-order valence-electron chi connectivity index (χ3n) is 2.97. The summed E-state index contributed by atoms with van der Waals surface area (Å²) in [7, 11) is 0. The van der Waals surface area contributed by atoms with Crippen molar-refractivity contribution in [1.82, 2.24) is 5.32 Å². The topological polar surface area (TPSA) is 38.3 Å². The molecule has 1 aromatic carbocycles. The van der Waals surface area contributed by atoms with Crippen molar-refractivity contribution >= 4 is 27.9 Å². The van der Waals surface area contributed by atoms with Crippen molar-refractivity contribution in [3.05, 3.63) is 33.8 Å². The van der Waals surface area contributed by atoms with Crippen LogP contribution in [0.3, 0.4) is 0 Å². The van der Waals surface area contributed by atoms with Crippen molar-refractivity contribution in [2.45, 2.75) is 26.3 Å². The minimum atomic E-state index is -0.0463. The van der Waals surface area contributed by atoms with Gasteiger partial charge in [-0.05, 0) is 37.6 Å². The van der Waals surface area contributed by atoms with Crippen molar-refractivity contribution in [3.8, 4) is 5.75 Å². The fraction of sp³-hybridized carbons (Fsp3) is 0.357. The van der Waals surface area contributed by atoms with E-state index in [0.717, 1.165) is 22.2 Å². The number of rotatable bonds is 3. The molecule has 0 unspecified atom stereocenters. The first-order valence-electron chi connectivity index (χ1n) is 6.04. The Labute approximate surface area is 115 Å². The lowest BCUT2D eigenvalue weighted by Gasteiger charge is -2.19. The molecule has 3 nitrogen and oxygen atoms in total. The first-order chi connectivity index (χ1) is 8.60. The number of hydrogen-bond donors (Lipinski definition) is 1. The molecule has 1 amide bonds. The Bertz CT molecular complexity index is 497. The van der Waals surface area contributed by atoms with Gasteiger partial charge in [0.25, 0.3) is 5.91 Å². The summed E-state index contributed by atoms with van der Waals surface area (Å²) in [6.07, 6.45) is 2.81. The molecule has 96 valence electrons. The van der Waals surface area contributed by atoms with Crippen LogP contribution in [0, 0.1) is 0 Å². The molecular formula is C14H16BrNO2. The molecule has 0 bridgehead atoms. The second-order valence-electron chi connectivity index (χ2n) is 4.42. The first-order valence-corrected chi connectivity index (χ1v) is 6.83. The largest absolute Gasteiger partial charge is 0.488 e. The maximum atomic E-state index is 12.0. The number of fused-ring (bicyclic) bond motifs is 1. The molecule has 0 fully saturated rings. The molecule has 1 aromatic rings. The zero-order chi connectivity index (χ0) is 13.1. The second-order valence-corrected chi connectivity index (χ2v) is 5.34. The predicted molar refractivity (Wildman–Crippen MR) is 75.5 cm³/mol. The Balaban J connectivity index is 2.19. The number of carbonyl (C=O) groups is 1. The van der Waals surface area contributed by atoms with E-state index in [1.165, 1.54) is 0 Å². The lowest BCUT2D eigenvalue weighted by molar-refractivity contribution is -0.118. The second kappa shape index (κ2) is 5.57. The predicted octanol–water partition coefficient (Wildman–Crippen LogP) is 3.14. The van der Waals surface area contributed by atoms with Crippen LogP contribution < -0.4 is 10.1 Å². The van der Waals surface area contributed by atoms with Crippen molar-refractivity contribution in [2.75, 3.05) is 6.61 Å². The van der Waals surface area contributed by atoms with Gasteiger partial charge in [-0.2, -0.15) is 0 Å². The molecule has 0 aliphatic carbocycles. The van der Waals surface area contributed by atoms with Crippen molar-refractivity contribution in [2.24, 2.45) is 0 Å². The van der Waals surface area contributed by atoms with Gasteiger partial charge in [0.15, 0.2) is 0 Å². The highest BCUT2D eigenvalue weighted by molar-refractivity contribution is 9.10. The fourth-order valence-corrected chi connectivity index (χ4v) is 2.08. The minimum absolute atomic E-state index is 0.0463. The summed E-state index contributed by atoms with van der Waals surface area (Å²) >= 11 is 3.41. The number of hydrogen-bond acceptors (Lipinski definition) is 2. The third-order valence-corrected chi connectivity index (χ3v) is 3.46. The van der Waals surface area contributed by atoms with Gasteiger partial charge >= 0.3 is 0 Å². The van der Waals surface area contributed by atoms with Crippen molar-refractivity contribution < 1.29 is 9.53 Å². The minimum Gasteiger partial charge on any atom is -0.488 e. The smallest absolute Gasteiger partial charge is 0.250 e. The van der Waals surface area contributed by atoms with Gasteiger partial charge in [0, 0.05) is 16.1 Å². The number of carbonyl (C=O) groups excluding carboxylic acids is 1. The average Bonchev–Trinajstić information content (AvgIpc) is 2.37. The Morgan fingerprint density at radius 3 is 3.06 bits per heavy atom. The highest BCUT2D eigenvalue weighted by atomic mass is 79.9. The lowest BCUT2D eigenvalue weighted by Crippen LogP contribution is -2.35. The average molecular weight is 310 g/mol. The summed E-state index contributed by atoms with van der Waals surface area (Å²) in [5.41, 5.74) is 1.60. The van der Waals surface area contributed by atoms with Gasteiger partial charge in [0.1, 0.15) is 12.4 Å². The zero-order valence-electron chi connectivity index (χ0n) is 10.5. The quantitative estimate of drug-likeness (QED) is 0.931. The van der Waals surface area contributed by atoms with Gasteiger partial charge in [-0.25, -0.2) is 0 Å². The van der Waals surface area contributed by atoms with Crippen LogP contribution >= 0.6 is 15.9 Å². The van der Waals surface area contributed by atoms with Crippen LogP contribution in [0.15, 0.2) is 28.2 Å². The number of nitrogens with one attached hydrogen (secondary N) is 1. The molecule has 1 atom stereocenters. The molecule has 0 saturated heterocycles. The Kier molecular flexibility index (Phi) is 4.07. The van der Waals surface area contributed by atoms with E-state index in [-0.39, 0.29) is 11.9 Å². The molecule has 0 aromatic heterocycles. The van der Waals surface area contributed by atoms with E-state index in [1.54, 1.807) is 0 Å². The van der Waals surface area contributed by atoms with Gasteiger partial charge < -0.3 is 10.1 Å². The van der Waals surface area contributed by atoms with E-state index in [4.69, 9.17) is 4.74 Å². The zero-order valence-corrected chi connectivity index (χ0v) is 12.1. The molecule has 1 aliphatic rings. The number of ether oxygens (including phenoxy) is 1. The van der Waals surface area contributed by atoms with Crippen LogP contribution in [-0.4, -0.2) is 18.6 Å². The first kappa shape index (κ1) is 13.1. The van der Waals surface area contributed by atoms with Crippen LogP contribution in [-0.2, 0) is 4.79 Å². The number of halogens is 1. The highest BCUT2D eigenvalue weighted by Crippen LogP contribution is 2.29. The van der Waals surface area contributed by atoms with Gasteiger partial charge in [-0.1, -0.05) is 22.9 Å². The summed E-state index contributed by atoms with van der Waals surface area (Å²) in [5, 5.41) is 2.95. The molecule has 0 radical (unpaired) electrons. The Morgan fingerprint density at radius 2 is 2.33 bits per heavy atom. The normalized spacial score (nSPS) is 15.2. The van der Waals surface area contributed by atoms with E-state index < -0.39 is 0 Å². The van der Waals surface area contributed by atoms with Gasteiger partial charge in [-0.15, -0.1) is 0 Å². The monoisotopic (exact) mass is 309 g/mol. The van der Waals surface area contributed by atoms with E-state index in [9.17, 15) is 4.79 Å². The SMILES string of the molecule is CC[C@H](C)NC(=O)C1=Cc2cc(Br)ccc2OC1. The van der Waals surface area contributed by atoms with E-state index >= 15 is 0 Å². The van der Waals surface area contributed by atoms with Gasteiger partial charge in [0.2, 0.25) is 0 Å². The third kappa shape index (κ3) is 2.93. The van der Waals surface area contributed by atoms with Crippen LogP contribution in [0.25, 0.3) is 6.08 Å². The van der Waals surface area contributed by atoms with E-state index in [2.05, 4.69) is 21.2 Å². The standard InChI is InChI=1S/C14H16BrNO2/c1-3-9(2)16-14(17)11-6-10-7-12(15)4-5-13(10)18-8-11/h4-7,9H,3,8H2,1-2H3,(H,16,17)/t9-/m0/s1. The molecular weight excluding hydrogens is 294 g/mol. The van der Waals surface area contributed by atoms with Gasteiger partial charge in [0.05, 0.1) is 5.57 Å². The van der Waals surface area contributed by atoms with Crippen molar-refractivity contribution in [3.63, 3.8) is 0 Å². The van der Waals surface area contributed by atoms with Crippen LogP contribution in [0.4, 0.5) is 0 Å². The van der Waals surface area contributed by atoms with Crippen LogP contribution in [0.1, 0.15) is 25.8 Å². The number of benzene rings is 1. The summed E-state index contributed by atoms with van der Waals surface area (Å²) in [6.45, 7) is 4.37. The molecule has 1 aliphatic heterocycles. The molecule has 1 N–H and O–H groups in total. The van der Waals surface area contributed by atoms with Gasteiger partial charge in [-0.3, -0.25) is 4.79 Å². The molecule has 1 heterocycles. The van der Waals surface area contributed by atoms with E-state index in [0.29, 0.717) is 12.2 Å². The Hall–Kier alpha value is -1.29. The number of amides is 1. The summed E-state index contributed by atoms with van der Waals surface area (Å²) < 4.78 is 6.55. The molecule has 0 spiro atoms. The molecule has 18 heavy (non-hydrogen) atoms. The van der Waals surface area contributed by atoms with Crippen LogP contribution in [0.2, 0.25) is 0 Å². The maximum Gasteiger partial charge on any atom is 0.250 e. The van der Waals surface area contributed by atoms with E-state index in [1.807, 2.05) is 38.1 Å². The summed E-state index contributed by atoms with van der Waals surface area (Å²) in [6, 6.07) is 5.96. The molecule has 2 rings (SSSR count). The molecule has 0 saturated carbocycles. The summed E-state index contributed by atoms with van der Waals surface area (Å²) in [4.78, 5) is 12.0.